The standard InChI is InChI=1S/C20H20N4O3S/c1-11(2)23-27-20-13-6-5-12(7-19(13)28-24-20)15-10-21-22-16-9-18(26-4)17(25-3)8-14(15)16/h5-11,23H,1-4H3. The molecule has 0 radical (unpaired) electrons. The van der Waals surface area contributed by atoms with Gasteiger partial charge in [0.05, 0.1) is 36.0 Å². The Morgan fingerprint density at radius 3 is 2.54 bits per heavy atom. The predicted octanol–water partition coefficient (Wildman–Crippen LogP) is 4.22. The van der Waals surface area contributed by atoms with Gasteiger partial charge < -0.3 is 14.3 Å². The van der Waals surface area contributed by atoms with Crippen molar-refractivity contribution >= 4 is 32.5 Å². The molecule has 2 aromatic carbocycles. The molecule has 0 spiro atoms. The molecule has 7 nitrogen and oxygen atoms in total. The van der Waals surface area contributed by atoms with Crippen molar-refractivity contribution in [1.82, 2.24) is 20.1 Å². The second-order valence-corrected chi connectivity index (χ2v) is 7.36. The van der Waals surface area contributed by atoms with Gasteiger partial charge in [0.15, 0.2) is 11.5 Å². The summed E-state index contributed by atoms with van der Waals surface area (Å²) in [5.41, 5.74) is 5.66. The number of nitrogens with zero attached hydrogens (tertiary/aromatic N) is 3. The summed E-state index contributed by atoms with van der Waals surface area (Å²) < 4.78 is 16.3. The fourth-order valence-electron chi connectivity index (χ4n) is 2.94. The van der Waals surface area contributed by atoms with E-state index >= 15 is 0 Å². The van der Waals surface area contributed by atoms with Gasteiger partial charge in [-0.15, -0.1) is 0 Å². The Hall–Kier alpha value is -2.97. The van der Waals surface area contributed by atoms with Gasteiger partial charge in [0.25, 0.3) is 5.88 Å². The third kappa shape index (κ3) is 3.32. The van der Waals surface area contributed by atoms with E-state index in [2.05, 4.69) is 26.1 Å². The molecule has 0 atom stereocenters. The summed E-state index contributed by atoms with van der Waals surface area (Å²) in [5.74, 6) is 1.86. The largest absolute Gasteiger partial charge is 0.493 e. The summed E-state index contributed by atoms with van der Waals surface area (Å²) >= 11 is 1.40. The van der Waals surface area contributed by atoms with Crippen molar-refractivity contribution in [2.75, 3.05) is 14.2 Å². The van der Waals surface area contributed by atoms with Crippen molar-refractivity contribution in [3.63, 3.8) is 0 Å². The van der Waals surface area contributed by atoms with Crippen LogP contribution in [0.15, 0.2) is 36.5 Å². The maximum Gasteiger partial charge on any atom is 0.257 e. The average molecular weight is 396 g/mol. The molecule has 0 aliphatic carbocycles. The molecule has 0 amide bonds. The second-order valence-electron chi connectivity index (χ2n) is 6.56. The van der Waals surface area contributed by atoms with Crippen LogP contribution in [0.4, 0.5) is 0 Å². The molecule has 4 aromatic rings. The van der Waals surface area contributed by atoms with Crippen LogP contribution in [-0.4, -0.2) is 34.8 Å². The first kappa shape index (κ1) is 18.4. The van der Waals surface area contributed by atoms with Gasteiger partial charge in [0.2, 0.25) is 0 Å². The van der Waals surface area contributed by atoms with Crippen LogP contribution in [0.25, 0.3) is 32.1 Å². The van der Waals surface area contributed by atoms with Crippen LogP contribution in [0.3, 0.4) is 0 Å². The molecule has 28 heavy (non-hydrogen) atoms. The summed E-state index contributed by atoms with van der Waals surface area (Å²) in [7, 11) is 3.22. The third-order valence-corrected chi connectivity index (χ3v) is 5.08. The van der Waals surface area contributed by atoms with Gasteiger partial charge in [-0.3, -0.25) is 0 Å². The summed E-state index contributed by atoms with van der Waals surface area (Å²) in [6.45, 7) is 4.02. The lowest BCUT2D eigenvalue weighted by atomic mass is 10.0. The summed E-state index contributed by atoms with van der Waals surface area (Å²) in [5, 5.41) is 10.3. The maximum atomic E-state index is 5.59. The van der Waals surface area contributed by atoms with Crippen molar-refractivity contribution < 1.29 is 14.3 Å². The lowest BCUT2D eigenvalue weighted by Gasteiger charge is -2.11. The average Bonchev–Trinajstić information content (AvgIpc) is 3.12. The number of aromatic nitrogens is 3. The minimum Gasteiger partial charge on any atom is -0.493 e. The summed E-state index contributed by atoms with van der Waals surface area (Å²) in [6, 6.07) is 10.1. The van der Waals surface area contributed by atoms with E-state index in [-0.39, 0.29) is 6.04 Å². The van der Waals surface area contributed by atoms with E-state index in [1.54, 1.807) is 20.4 Å². The molecule has 0 saturated carbocycles. The number of benzene rings is 2. The molecule has 1 N–H and O–H groups in total. The molecular weight excluding hydrogens is 376 g/mol. The van der Waals surface area contributed by atoms with E-state index in [1.165, 1.54) is 11.5 Å². The third-order valence-electron chi connectivity index (χ3n) is 4.29. The first-order valence-corrected chi connectivity index (χ1v) is 9.57. The number of ether oxygens (including phenoxy) is 2. The van der Waals surface area contributed by atoms with Crippen LogP contribution >= 0.6 is 11.5 Å². The molecule has 0 aliphatic rings. The number of fused-ring (bicyclic) bond motifs is 2. The van der Waals surface area contributed by atoms with Gasteiger partial charge in [-0.1, -0.05) is 6.07 Å². The lowest BCUT2D eigenvalue weighted by Crippen LogP contribution is -2.26. The highest BCUT2D eigenvalue weighted by molar-refractivity contribution is 7.13. The SMILES string of the molecule is COc1cc2nncc(-c3ccc4c(ONC(C)C)nsc4c3)c2cc1OC. The van der Waals surface area contributed by atoms with Crippen LogP contribution in [-0.2, 0) is 0 Å². The number of methoxy groups -OCH3 is 2. The predicted molar refractivity (Wildman–Crippen MR) is 110 cm³/mol. The van der Waals surface area contributed by atoms with Gasteiger partial charge >= 0.3 is 0 Å². The molecule has 2 aromatic heterocycles. The monoisotopic (exact) mass is 396 g/mol. The number of hydroxylamine groups is 1. The zero-order valence-electron chi connectivity index (χ0n) is 16.0. The first-order chi connectivity index (χ1) is 13.6. The van der Waals surface area contributed by atoms with E-state index in [0.717, 1.165) is 32.1 Å². The molecule has 0 fully saturated rings. The molecule has 144 valence electrons. The molecule has 0 saturated heterocycles. The second kappa shape index (κ2) is 7.57. The molecule has 0 bridgehead atoms. The fraction of sp³-hybridized carbons (Fsp3) is 0.250. The van der Waals surface area contributed by atoms with Gasteiger partial charge in [0, 0.05) is 23.1 Å². The Labute approximate surface area is 166 Å². The molecule has 2 heterocycles. The number of nitrogens with one attached hydrogen (secondary N) is 1. The Balaban J connectivity index is 1.80. The van der Waals surface area contributed by atoms with Crippen LogP contribution in [0.1, 0.15) is 13.8 Å². The van der Waals surface area contributed by atoms with Crippen LogP contribution in [0, 0.1) is 0 Å². The zero-order chi connectivity index (χ0) is 19.7. The lowest BCUT2D eigenvalue weighted by molar-refractivity contribution is 0.165. The van der Waals surface area contributed by atoms with Gasteiger partial charge in [0.1, 0.15) is 0 Å². The van der Waals surface area contributed by atoms with Crippen LogP contribution in [0.5, 0.6) is 17.4 Å². The Morgan fingerprint density at radius 2 is 1.79 bits per heavy atom. The van der Waals surface area contributed by atoms with Crippen molar-refractivity contribution in [2.45, 2.75) is 19.9 Å². The normalized spacial score (nSPS) is 11.3. The Morgan fingerprint density at radius 1 is 1.00 bits per heavy atom. The minimum absolute atomic E-state index is 0.206. The van der Waals surface area contributed by atoms with Crippen molar-refractivity contribution in [3.05, 3.63) is 36.5 Å². The van der Waals surface area contributed by atoms with Crippen molar-refractivity contribution in [3.8, 4) is 28.5 Å². The first-order valence-electron chi connectivity index (χ1n) is 8.80. The van der Waals surface area contributed by atoms with Gasteiger partial charge in [-0.25, -0.2) is 0 Å². The van der Waals surface area contributed by atoms with E-state index in [4.69, 9.17) is 14.3 Å². The Kier molecular flexibility index (Phi) is 4.97. The van der Waals surface area contributed by atoms with Gasteiger partial charge in [-0.05, 0) is 49.1 Å². The van der Waals surface area contributed by atoms with Crippen molar-refractivity contribution in [1.29, 1.82) is 0 Å². The fourth-order valence-corrected chi connectivity index (χ4v) is 3.69. The number of hydrogen-bond donors (Lipinski definition) is 1. The van der Waals surface area contributed by atoms with Crippen molar-refractivity contribution in [2.24, 2.45) is 0 Å². The number of hydrogen-bond acceptors (Lipinski definition) is 8. The molecule has 0 aliphatic heterocycles. The van der Waals surface area contributed by atoms with E-state index in [1.807, 2.05) is 38.1 Å². The highest BCUT2D eigenvalue weighted by Crippen LogP contribution is 2.38. The van der Waals surface area contributed by atoms with E-state index in [0.29, 0.717) is 17.4 Å². The molecular formula is C20H20N4O3S. The molecule has 0 unspecified atom stereocenters. The smallest absolute Gasteiger partial charge is 0.257 e. The number of rotatable bonds is 6. The minimum atomic E-state index is 0.206. The maximum absolute atomic E-state index is 5.59. The van der Waals surface area contributed by atoms with Crippen LogP contribution < -0.4 is 19.8 Å². The quantitative estimate of drug-likeness (QED) is 0.489. The molecule has 8 heteroatoms. The topological polar surface area (TPSA) is 78.4 Å². The van der Waals surface area contributed by atoms with E-state index < -0.39 is 0 Å². The van der Waals surface area contributed by atoms with Gasteiger partial charge in [-0.2, -0.15) is 20.1 Å². The summed E-state index contributed by atoms with van der Waals surface area (Å²) in [6.07, 6.45) is 1.76. The summed E-state index contributed by atoms with van der Waals surface area (Å²) in [4.78, 5) is 5.59. The van der Waals surface area contributed by atoms with E-state index in [9.17, 15) is 0 Å². The van der Waals surface area contributed by atoms with Crippen LogP contribution in [0.2, 0.25) is 0 Å². The Bertz CT molecular complexity index is 1140. The highest BCUT2D eigenvalue weighted by Gasteiger charge is 2.14. The molecule has 4 rings (SSSR count). The zero-order valence-corrected chi connectivity index (χ0v) is 16.8. The highest BCUT2D eigenvalue weighted by atomic mass is 32.1.